The van der Waals surface area contributed by atoms with Gasteiger partial charge in [-0.05, 0) is 27.7 Å². The molecule has 0 saturated heterocycles. The van der Waals surface area contributed by atoms with Crippen LogP contribution in [0.2, 0.25) is 6.55 Å². The monoisotopic (exact) mass is 290 g/mol. The van der Waals surface area contributed by atoms with Crippen LogP contribution in [0, 0.1) is 0 Å². The Labute approximate surface area is 112 Å². The van der Waals surface area contributed by atoms with Crippen LogP contribution >= 0.6 is 0 Å². The quantitative estimate of drug-likeness (QED) is 0.457. The minimum Gasteiger partial charge on any atom is -0.419 e. The van der Waals surface area contributed by atoms with Crippen molar-refractivity contribution in [2.45, 2.75) is 40.5 Å². The number of allylic oxidation sites excluding steroid dienone is 2. The molecule has 0 aliphatic rings. The molecule has 0 rings (SSSR count). The zero-order valence-electron chi connectivity index (χ0n) is 11.8. The molecule has 0 N–H and O–H groups in total. The highest BCUT2D eigenvalue weighted by molar-refractivity contribution is 6.35. The highest BCUT2D eigenvalue weighted by Crippen LogP contribution is 1.97. The van der Waals surface area contributed by atoms with Gasteiger partial charge in [-0.25, -0.2) is 0 Å². The maximum Gasteiger partial charge on any atom is 0.188 e. The van der Waals surface area contributed by atoms with Gasteiger partial charge in [0.05, 0.1) is 6.61 Å². The zero-order chi connectivity index (χ0) is 13.1. The molecular weight excluding hydrogens is 264 g/mol. The van der Waals surface area contributed by atoms with Gasteiger partial charge in [0.2, 0.25) is 0 Å². The third-order valence-corrected chi connectivity index (χ3v) is 5.74. The second-order valence-electron chi connectivity index (χ2n) is 4.32. The van der Waals surface area contributed by atoms with E-state index >= 15 is 0 Å². The summed E-state index contributed by atoms with van der Waals surface area (Å²) in [5.74, 6) is 0. The standard InChI is InChI=1S/C11H26O3Si3/c1-9(2)7-16-13-11(6-12-15-5)14-17-8-10(3)4/h7-8,11H,6,15-17H2,1-5H3. The smallest absolute Gasteiger partial charge is 0.188 e. The molecule has 0 fully saturated rings. The first-order chi connectivity index (χ1) is 8.06. The largest absolute Gasteiger partial charge is 0.419 e. The molecule has 6 heteroatoms. The number of rotatable bonds is 9. The predicted molar refractivity (Wildman–Crippen MR) is 82.3 cm³/mol. The SMILES string of the molecule is C[SiH2]OCC(O[SiH2]C=C(C)C)O[SiH2]C=C(C)C. The Balaban J connectivity index is 3.95. The maximum absolute atomic E-state index is 5.78. The van der Waals surface area contributed by atoms with Crippen LogP contribution < -0.4 is 0 Å². The zero-order valence-corrected chi connectivity index (χ0v) is 16.0. The molecule has 100 valence electrons. The molecule has 0 radical (unpaired) electrons. The second-order valence-corrected chi connectivity index (χ2v) is 7.45. The van der Waals surface area contributed by atoms with E-state index in [0.29, 0.717) is 6.61 Å². The normalized spacial score (nSPS) is 14.2. The third-order valence-electron chi connectivity index (χ3n) is 2.01. The first-order valence-corrected chi connectivity index (χ1v) is 10.9. The van der Waals surface area contributed by atoms with Gasteiger partial charge < -0.3 is 13.3 Å². The molecule has 0 bridgehead atoms. The first kappa shape index (κ1) is 17.0. The van der Waals surface area contributed by atoms with Crippen LogP contribution in [0.4, 0.5) is 0 Å². The van der Waals surface area contributed by atoms with E-state index in [9.17, 15) is 0 Å². The van der Waals surface area contributed by atoms with Crippen molar-refractivity contribution in [2.24, 2.45) is 0 Å². The van der Waals surface area contributed by atoms with E-state index in [1.54, 1.807) is 0 Å². The van der Waals surface area contributed by atoms with E-state index in [1.807, 2.05) is 0 Å². The summed E-state index contributed by atoms with van der Waals surface area (Å²) in [6.07, 6.45) is -0.132. The second kappa shape index (κ2) is 11.1. The molecule has 0 saturated carbocycles. The van der Waals surface area contributed by atoms with Crippen molar-refractivity contribution in [3.63, 3.8) is 0 Å². The lowest BCUT2D eigenvalue weighted by atomic mass is 10.4. The summed E-state index contributed by atoms with van der Waals surface area (Å²) in [5, 5.41) is 0. The average Bonchev–Trinajstić information content (AvgIpc) is 2.24. The van der Waals surface area contributed by atoms with Gasteiger partial charge in [0, 0.05) is 0 Å². The highest BCUT2D eigenvalue weighted by Gasteiger charge is 2.07. The molecule has 0 spiro atoms. The minimum atomic E-state index is -0.609. The lowest BCUT2D eigenvalue weighted by molar-refractivity contribution is -0.0215. The molecule has 17 heavy (non-hydrogen) atoms. The first-order valence-electron chi connectivity index (χ1n) is 6.14. The summed E-state index contributed by atoms with van der Waals surface area (Å²) in [4.78, 5) is 0. The Bertz CT molecular complexity index is 224. The Morgan fingerprint density at radius 3 is 1.82 bits per heavy atom. The summed E-state index contributed by atoms with van der Waals surface area (Å²) in [5.41, 5.74) is 7.04. The van der Waals surface area contributed by atoms with Gasteiger partial charge in [-0.15, -0.1) is 0 Å². The molecule has 0 unspecified atom stereocenters. The molecule has 0 aliphatic heterocycles. The molecule has 0 aliphatic carbocycles. The highest BCUT2D eigenvalue weighted by atomic mass is 28.2. The topological polar surface area (TPSA) is 27.7 Å². The van der Waals surface area contributed by atoms with Gasteiger partial charge in [0.1, 0.15) is 0 Å². The Morgan fingerprint density at radius 2 is 1.47 bits per heavy atom. The van der Waals surface area contributed by atoms with E-state index in [2.05, 4.69) is 45.6 Å². The van der Waals surface area contributed by atoms with Crippen molar-refractivity contribution in [3.8, 4) is 0 Å². The molecule has 0 aromatic rings. The molecule has 3 nitrogen and oxygen atoms in total. The molecule has 0 atom stereocenters. The van der Waals surface area contributed by atoms with Crippen molar-refractivity contribution in [3.05, 3.63) is 22.5 Å². The van der Waals surface area contributed by atoms with Crippen molar-refractivity contribution in [2.75, 3.05) is 6.61 Å². The van der Waals surface area contributed by atoms with Crippen LogP contribution in [0.1, 0.15) is 27.7 Å². The van der Waals surface area contributed by atoms with Crippen LogP contribution in [-0.2, 0) is 13.3 Å². The van der Waals surface area contributed by atoms with E-state index in [-0.39, 0.29) is 16.1 Å². The molecule has 0 amide bonds. The lowest BCUT2D eigenvalue weighted by Crippen LogP contribution is -2.26. The van der Waals surface area contributed by atoms with Gasteiger partial charge >= 0.3 is 0 Å². The lowest BCUT2D eigenvalue weighted by Gasteiger charge is -2.18. The Hall–Kier alpha value is 0.0106. The van der Waals surface area contributed by atoms with Crippen LogP contribution in [0.15, 0.2) is 22.5 Å². The van der Waals surface area contributed by atoms with Gasteiger partial charge in [-0.2, -0.15) is 0 Å². The van der Waals surface area contributed by atoms with Crippen LogP contribution in [0.5, 0.6) is 0 Å². The Morgan fingerprint density at radius 1 is 1.00 bits per heavy atom. The summed E-state index contributed by atoms with van der Waals surface area (Å²) in [6, 6.07) is 0. The summed E-state index contributed by atoms with van der Waals surface area (Å²) < 4.78 is 17.1. The molecular formula is C11H26O3Si3. The third kappa shape index (κ3) is 12.3. The summed E-state index contributed by atoms with van der Waals surface area (Å²) in [6.45, 7) is 11.1. The number of hydrogen-bond acceptors (Lipinski definition) is 3. The fraction of sp³-hybridized carbons (Fsp3) is 0.636. The van der Waals surface area contributed by atoms with E-state index in [4.69, 9.17) is 13.3 Å². The maximum atomic E-state index is 5.78. The van der Waals surface area contributed by atoms with Crippen LogP contribution in [0.3, 0.4) is 0 Å². The summed E-state index contributed by atoms with van der Waals surface area (Å²) >= 11 is 0. The van der Waals surface area contributed by atoms with Crippen molar-refractivity contribution < 1.29 is 13.3 Å². The van der Waals surface area contributed by atoms with E-state index < -0.39 is 19.5 Å². The van der Waals surface area contributed by atoms with E-state index in [0.717, 1.165) is 0 Å². The van der Waals surface area contributed by atoms with Crippen LogP contribution in [-0.4, -0.2) is 42.2 Å². The number of hydrogen-bond donors (Lipinski definition) is 0. The van der Waals surface area contributed by atoms with Crippen molar-refractivity contribution in [1.82, 2.24) is 0 Å². The van der Waals surface area contributed by atoms with E-state index in [1.165, 1.54) is 11.1 Å². The van der Waals surface area contributed by atoms with Gasteiger partial charge in [-0.1, -0.05) is 29.1 Å². The van der Waals surface area contributed by atoms with Crippen molar-refractivity contribution in [1.29, 1.82) is 0 Å². The fourth-order valence-corrected chi connectivity index (χ4v) is 3.30. The van der Waals surface area contributed by atoms with Crippen molar-refractivity contribution >= 4 is 29.3 Å². The average molecular weight is 291 g/mol. The Kier molecular flexibility index (Phi) is 11.1. The van der Waals surface area contributed by atoms with Gasteiger partial charge in [-0.3, -0.25) is 0 Å². The minimum absolute atomic E-state index is 0.132. The molecule has 0 heterocycles. The van der Waals surface area contributed by atoms with Gasteiger partial charge in [0.15, 0.2) is 35.6 Å². The molecule has 0 aromatic heterocycles. The predicted octanol–water partition coefficient (Wildman–Crippen LogP) is 0.509. The van der Waals surface area contributed by atoms with Crippen LogP contribution in [0.25, 0.3) is 0 Å². The summed E-state index contributed by atoms with van der Waals surface area (Å²) in [7, 11) is -1.58. The fourth-order valence-electron chi connectivity index (χ4n) is 1.00. The molecule has 0 aromatic carbocycles. The van der Waals surface area contributed by atoms with Gasteiger partial charge in [0.25, 0.3) is 0 Å².